The van der Waals surface area contributed by atoms with Crippen LogP contribution in [-0.2, 0) is 0 Å². The number of para-hydroxylation sites is 2. The zero-order valence-corrected chi connectivity index (χ0v) is 17.0. The van der Waals surface area contributed by atoms with Crippen molar-refractivity contribution in [2.75, 3.05) is 45.1 Å². The highest BCUT2D eigenvalue weighted by Gasteiger charge is 2.18. The minimum Gasteiger partial charge on any atom is -0.384 e. The Morgan fingerprint density at radius 1 is 0.926 bits per heavy atom. The average Bonchev–Trinajstić information content (AvgIpc) is 2.68. The number of nitrogens with one attached hydrogen (secondary N) is 1. The van der Waals surface area contributed by atoms with E-state index in [1.165, 1.54) is 42.6 Å². The second-order valence-corrected chi connectivity index (χ2v) is 7.42. The van der Waals surface area contributed by atoms with Gasteiger partial charge in [-0.15, -0.1) is 12.4 Å². The van der Waals surface area contributed by atoms with E-state index in [0.717, 1.165) is 24.0 Å². The van der Waals surface area contributed by atoms with Gasteiger partial charge < -0.3 is 10.2 Å². The second-order valence-electron chi connectivity index (χ2n) is 7.42. The number of hydrogen-bond acceptors (Lipinski definition) is 4. The first-order valence-electron chi connectivity index (χ1n) is 9.66. The van der Waals surface area contributed by atoms with Crippen LogP contribution in [0.15, 0.2) is 48.5 Å². The van der Waals surface area contributed by atoms with Gasteiger partial charge in [0.2, 0.25) is 0 Å². The van der Waals surface area contributed by atoms with Crippen molar-refractivity contribution in [3.05, 3.63) is 48.5 Å². The summed E-state index contributed by atoms with van der Waals surface area (Å²) in [7, 11) is 2.21. The lowest BCUT2D eigenvalue weighted by Crippen LogP contribution is -2.48. The van der Waals surface area contributed by atoms with Gasteiger partial charge in [-0.05, 0) is 32.5 Å². The lowest BCUT2D eigenvalue weighted by molar-refractivity contribution is 0.116. The third kappa shape index (κ3) is 4.34. The smallest absolute Gasteiger partial charge is 0.0730 e. The van der Waals surface area contributed by atoms with Gasteiger partial charge >= 0.3 is 0 Å². The molecule has 1 saturated heterocycles. The van der Waals surface area contributed by atoms with Crippen LogP contribution in [0.5, 0.6) is 0 Å². The van der Waals surface area contributed by atoms with Crippen molar-refractivity contribution in [1.29, 1.82) is 0 Å². The van der Waals surface area contributed by atoms with E-state index >= 15 is 0 Å². The summed E-state index contributed by atoms with van der Waals surface area (Å²) >= 11 is 0. The zero-order chi connectivity index (χ0) is 17.9. The van der Waals surface area contributed by atoms with E-state index in [1.54, 1.807) is 0 Å². The number of nitrogens with zero attached hydrogens (tertiary/aromatic N) is 3. The molecule has 4 rings (SSSR count). The summed E-state index contributed by atoms with van der Waals surface area (Å²) in [6.07, 6.45) is 1.15. The first-order chi connectivity index (χ1) is 12.7. The van der Waals surface area contributed by atoms with Gasteiger partial charge in [0.25, 0.3) is 0 Å². The molecule has 0 saturated carbocycles. The highest BCUT2D eigenvalue weighted by atomic mass is 35.5. The molecule has 3 aromatic rings. The van der Waals surface area contributed by atoms with Gasteiger partial charge in [0, 0.05) is 49.5 Å². The number of aromatic nitrogens is 1. The van der Waals surface area contributed by atoms with Gasteiger partial charge in [-0.2, -0.15) is 0 Å². The molecular weight excluding hydrogens is 356 g/mol. The molecule has 5 heteroatoms. The lowest BCUT2D eigenvalue weighted by atomic mass is 10.1. The average molecular weight is 385 g/mol. The van der Waals surface area contributed by atoms with Crippen LogP contribution < -0.4 is 5.32 Å². The van der Waals surface area contributed by atoms with Gasteiger partial charge in [0.15, 0.2) is 0 Å². The molecule has 0 aliphatic carbocycles. The molecule has 0 amide bonds. The predicted octanol–water partition coefficient (Wildman–Crippen LogP) is 4.25. The van der Waals surface area contributed by atoms with Crippen molar-refractivity contribution in [3.63, 3.8) is 0 Å². The molecule has 1 unspecified atom stereocenters. The van der Waals surface area contributed by atoms with Crippen molar-refractivity contribution in [1.82, 2.24) is 14.8 Å². The Kier molecular flexibility index (Phi) is 6.53. The van der Waals surface area contributed by atoms with Crippen molar-refractivity contribution in [2.24, 2.45) is 0 Å². The van der Waals surface area contributed by atoms with E-state index in [9.17, 15) is 0 Å². The van der Waals surface area contributed by atoms with Crippen LogP contribution in [0, 0.1) is 0 Å². The second kappa shape index (κ2) is 8.87. The van der Waals surface area contributed by atoms with Gasteiger partial charge in [-0.25, -0.2) is 4.98 Å². The summed E-state index contributed by atoms with van der Waals surface area (Å²) in [5, 5.41) is 6.15. The Morgan fingerprint density at radius 2 is 1.48 bits per heavy atom. The van der Waals surface area contributed by atoms with Crippen LogP contribution in [0.2, 0.25) is 0 Å². The summed E-state index contributed by atoms with van der Waals surface area (Å²) in [6, 6.07) is 17.4. The quantitative estimate of drug-likeness (QED) is 0.666. The minimum atomic E-state index is 0. The monoisotopic (exact) mass is 384 g/mol. The fraction of sp³-hybridized carbons (Fsp3) is 0.409. The number of benzene rings is 2. The van der Waals surface area contributed by atoms with Crippen molar-refractivity contribution >= 4 is 39.9 Å². The largest absolute Gasteiger partial charge is 0.384 e. The Labute approximate surface area is 168 Å². The van der Waals surface area contributed by atoms with Crippen LogP contribution in [0.25, 0.3) is 21.8 Å². The van der Waals surface area contributed by atoms with Crippen LogP contribution in [0.3, 0.4) is 0 Å². The fourth-order valence-corrected chi connectivity index (χ4v) is 3.88. The van der Waals surface area contributed by atoms with E-state index in [0.29, 0.717) is 6.04 Å². The SMILES string of the molecule is CC(CCNc1c2ccccc2nc2ccccc12)N1CCN(C)CC1.Cl. The summed E-state index contributed by atoms with van der Waals surface area (Å²) in [4.78, 5) is 9.84. The highest BCUT2D eigenvalue weighted by molar-refractivity contribution is 6.07. The topological polar surface area (TPSA) is 31.4 Å². The first kappa shape index (κ1) is 19.9. The maximum atomic E-state index is 4.81. The lowest BCUT2D eigenvalue weighted by Gasteiger charge is -2.36. The number of piperazine rings is 1. The molecule has 27 heavy (non-hydrogen) atoms. The Bertz CT molecular complexity index is 836. The predicted molar refractivity (Wildman–Crippen MR) is 118 cm³/mol. The van der Waals surface area contributed by atoms with Gasteiger partial charge in [0.1, 0.15) is 0 Å². The number of fused-ring (bicyclic) bond motifs is 2. The van der Waals surface area contributed by atoms with Crippen LogP contribution in [0.1, 0.15) is 13.3 Å². The maximum absolute atomic E-state index is 4.81. The molecular formula is C22H29ClN4. The molecule has 1 aliphatic heterocycles. The molecule has 2 aromatic carbocycles. The third-order valence-corrected chi connectivity index (χ3v) is 5.61. The van der Waals surface area contributed by atoms with Crippen molar-refractivity contribution in [2.45, 2.75) is 19.4 Å². The van der Waals surface area contributed by atoms with E-state index in [-0.39, 0.29) is 12.4 Å². The van der Waals surface area contributed by atoms with Gasteiger partial charge in [-0.3, -0.25) is 4.90 Å². The van der Waals surface area contributed by atoms with E-state index in [4.69, 9.17) is 4.98 Å². The van der Waals surface area contributed by atoms with Crippen LogP contribution in [-0.4, -0.2) is 60.6 Å². The Hall–Kier alpha value is -1.88. The van der Waals surface area contributed by atoms with Crippen molar-refractivity contribution in [3.8, 4) is 0 Å². The normalized spacial score (nSPS) is 17.0. The molecule has 0 bridgehead atoms. The molecule has 0 radical (unpaired) electrons. The zero-order valence-electron chi connectivity index (χ0n) is 16.2. The molecule has 144 valence electrons. The molecule has 1 atom stereocenters. The highest BCUT2D eigenvalue weighted by Crippen LogP contribution is 2.30. The number of anilines is 1. The Balaban J connectivity index is 0.00000210. The third-order valence-electron chi connectivity index (χ3n) is 5.61. The number of pyridine rings is 1. The Morgan fingerprint density at radius 3 is 2.07 bits per heavy atom. The number of hydrogen-bond donors (Lipinski definition) is 1. The molecule has 1 N–H and O–H groups in total. The standard InChI is InChI=1S/C22H28N4.ClH/c1-17(26-15-13-25(2)14-16-26)11-12-23-22-18-7-3-5-9-20(18)24-21-10-6-4-8-19(21)22;/h3-10,17H,11-16H2,1-2H3,(H,23,24);1H. The maximum Gasteiger partial charge on any atom is 0.0730 e. The molecule has 1 fully saturated rings. The van der Waals surface area contributed by atoms with E-state index in [1.807, 2.05) is 0 Å². The number of rotatable bonds is 5. The molecule has 1 aliphatic rings. The minimum absolute atomic E-state index is 0. The summed E-state index contributed by atoms with van der Waals surface area (Å²) in [5.41, 5.74) is 3.33. The van der Waals surface area contributed by atoms with E-state index in [2.05, 4.69) is 77.6 Å². The number of halogens is 1. The summed E-state index contributed by atoms with van der Waals surface area (Å²) < 4.78 is 0. The fourth-order valence-electron chi connectivity index (χ4n) is 3.88. The summed E-state index contributed by atoms with van der Waals surface area (Å²) in [6.45, 7) is 8.05. The van der Waals surface area contributed by atoms with Crippen LogP contribution >= 0.6 is 12.4 Å². The van der Waals surface area contributed by atoms with E-state index < -0.39 is 0 Å². The molecule has 2 heterocycles. The molecule has 1 aromatic heterocycles. The van der Waals surface area contributed by atoms with Crippen molar-refractivity contribution < 1.29 is 0 Å². The molecule has 4 nitrogen and oxygen atoms in total. The molecule has 0 spiro atoms. The summed E-state index contributed by atoms with van der Waals surface area (Å²) in [5.74, 6) is 0. The number of likely N-dealkylation sites (N-methyl/N-ethyl adjacent to an activating group) is 1. The van der Waals surface area contributed by atoms with Gasteiger partial charge in [-0.1, -0.05) is 36.4 Å². The van der Waals surface area contributed by atoms with Gasteiger partial charge in [0.05, 0.1) is 16.7 Å². The first-order valence-corrected chi connectivity index (χ1v) is 9.66. The van der Waals surface area contributed by atoms with Crippen LogP contribution in [0.4, 0.5) is 5.69 Å².